The van der Waals surface area contributed by atoms with Gasteiger partial charge in [0, 0.05) is 12.2 Å². The summed E-state index contributed by atoms with van der Waals surface area (Å²) in [5, 5.41) is 9.28. The largest absolute Gasteiger partial charge is 0.481 e. The lowest BCUT2D eigenvalue weighted by Gasteiger charge is -2.30. The predicted octanol–water partition coefficient (Wildman–Crippen LogP) is 2.71. The van der Waals surface area contributed by atoms with Gasteiger partial charge in [-0.25, -0.2) is 0 Å². The molecule has 20 heavy (non-hydrogen) atoms. The lowest BCUT2D eigenvalue weighted by atomic mass is 9.82. The first-order valence-electron chi connectivity index (χ1n) is 6.89. The van der Waals surface area contributed by atoms with Crippen LogP contribution in [0.15, 0.2) is 42.5 Å². The van der Waals surface area contributed by atoms with Gasteiger partial charge < -0.3 is 10.0 Å². The summed E-state index contributed by atoms with van der Waals surface area (Å²) in [5.41, 5.74) is 0.818. The van der Waals surface area contributed by atoms with Gasteiger partial charge in [-0.1, -0.05) is 30.4 Å². The molecule has 0 aromatic heterocycles. The van der Waals surface area contributed by atoms with Crippen molar-refractivity contribution in [3.8, 4) is 0 Å². The van der Waals surface area contributed by atoms with Crippen LogP contribution in [0.1, 0.15) is 19.8 Å². The first kappa shape index (κ1) is 14.3. The summed E-state index contributed by atoms with van der Waals surface area (Å²) in [6.45, 7) is 2.44. The summed E-state index contributed by atoms with van der Waals surface area (Å²) < 4.78 is 0. The average Bonchev–Trinajstić information content (AvgIpc) is 2.49. The molecule has 4 heteroatoms. The number of hydrogen-bond acceptors (Lipinski definition) is 2. The highest BCUT2D eigenvalue weighted by molar-refractivity contribution is 5.97. The van der Waals surface area contributed by atoms with Gasteiger partial charge in [0.05, 0.1) is 11.8 Å². The predicted molar refractivity (Wildman–Crippen MR) is 77.5 cm³/mol. The van der Waals surface area contributed by atoms with Gasteiger partial charge in [0.1, 0.15) is 0 Å². The van der Waals surface area contributed by atoms with Crippen LogP contribution in [0, 0.1) is 11.8 Å². The number of carbonyl (C=O) groups excluding carboxylic acids is 1. The van der Waals surface area contributed by atoms with Crippen LogP contribution in [0.25, 0.3) is 0 Å². The van der Waals surface area contributed by atoms with Gasteiger partial charge in [0.15, 0.2) is 0 Å². The van der Waals surface area contributed by atoms with Crippen molar-refractivity contribution >= 4 is 17.6 Å². The Morgan fingerprint density at radius 2 is 1.75 bits per heavy atom. The van der Waals surface area contributed by atoms with Gasteiger partial charge in [-0.3, -0.25) is 9.59 Å². The summed E-state index contributed by atoms with van der Waals surface area (Å²) in [6, 6.07) is 9.39. The van der Waals surface area contributed by atoms with Crippen molar-refractivity contribution in [1.82, 2.24) is 0 Å². The van der Waals surface area contributed by atoms with Gasteiger partial charge in [0.2, 0.25) is 5.91 Å². The van der Waals surface area contributed by atoms with Crippen LogP contribution >= 0.6 is 0 Å². The van der Waals surface area contributed by atoms with Crippen molar-refractivity contribution in [3.63, 3.8) is 0 Å². The van der Waals surface area contributed by atoms with E-state index in [-0.39, 0.29) is 5.91 Å². The Morgan fingerprint density at radius 1 is 1.15 bits per heavy atom. The Balaban J connectivity index is 2.24. The number of nitrogens with zero attached hydrogens (tertiary/aromatic N) is 1. The first-order chi connectivity index (χ1) is 9.65. The second-order valence-corrected chi connectivity index (χ2v) is 4.91. The second-order valence-electron chi connectivity index (χ2n) is 4.91. The van der Waals surface area contributed by atoms with E-state index in [4.69, 9.17) is 0 Å². The van der Waals surface area contributed by atoms with E-state index in [9.17, 15) is 14.7 Å². The molecule has 0 aliphatic heterocycles. The van der Waals surface area contributed by atoms with E-state index in [2.05, 4.69) is 0 Å². The molecule has 4 nitrogen and oxygen atoms in total. The first-order valence-corrected chi connectivity index (χ1v) is 6.89. The number of amides is 1. The van der Waals surface area contributed by atoms with Crippen molar-refractivity contribution in [2.24, 2.45) is 11.8 Å². The molecule has 1 aliphatic carbocycles. The quantitative estimate of drug-likeness (QED) is 0.858. The summed E-state index contributed by atoms with van der Waals surface area (Å²) in [7, 11) is 0. The molecule has 0 saturated heterocycles. The molecular weight excluding hydrogens is 254 g/mol. The number of hydrogen-bond donors (Lipinski definition) is 1. The van der Waals surface area contributed by atoms with Crippen LogP contribution in [-0.4, -0.2) is 23.5 Å². The molecule has 2 rings (SSSR count). The number of carboxylic acid groups (broad SMARTS) is 1. The zero-order valence-corrected chi connectivity index (χ0v) is 11.5. The third-order valence-corrected chi connectivity index (χ3v) is 3.72. The third-order valence-electron chi connectivity index (χ3n) is 3.72. The Hall–Kier alpha value is -2.10. The number of allylic oxidation sites excluding steroid dienone is 2. The van der Waals surface area contributed by atoms with Crippen LogP contribution in [0.5, 0.6) is 0 Å². The Bertz CT molecular complexity index is 510. The van der Waals surface area contributed by atoms with Crippen LogP contribution in [0.4, 0.5) is 5.69 Å². The SMILES string of the molecule is CCN(C(=O)C1CC=CCC1C(=O)O)c1ccccc1. The topological polar surface area (TPSA) is 57.6 Å². The van der Waals surface area contributed by atoms with Gasteiger partial charge in [-0.05, 0) is 31.9 Å². The van der Waals surface area contributed by atoms with Crippen LogP contribution in [-0.2, 0) is 9.59 Å². The molecule has 106 valence electrons. The van der Waals surface area contributed by atoms with Gasteiger partial charge in [-0.15, -0.1) is 0 Å². The van der Waals surface area contributed by atoms with Crippen molar-refractivity contribution in [2.45, 2.75) is 19.8 Å². The molecule has 0 saturated carbocycles. The third kappa shape index (κ3) is 2.90. The minimum absolute atomic E-state index is 0.101. The Morgan fingerprint density at radius 3 is 2.30 bits per heavy atom. The molecule has 1 amide bonds. The maximum Gasteiger partial charge on any atom is 0.307 e. The van der Waals surface area contributed by atoms with Crippen LogP contribution in [0.2, 0.25) is 0 Å². The molecular formula is C16H19NO3. The number of carbonyl (C=O) groups is 2. The maximum atomic E-state index is 12.7. The monoisotopic (exact) mass is 273 g/mol. The number of rotatable bonds is 4. The highest BCUT2D eigenvalue weighted by Gasteiger charge is 2.36. The van der Waals surface area contributed by atoms with Gasteiger partial charge >= 0.3 is 5.97 Å². The molecule has 1 aliphatic rings. The lowest BCUT2D eigenvalue weighted by molar-refractivity contribution is -0.146. The Labute approximate surface area is 118 Å². The molecule has 1 aromatic carbocycles. The number of aliphatic carboxylic acids is 1. The fourth-order valence-corrected chi connectivity index (χ4v) is 2.63. The van der Waals surface area contributed by atoms with E-state index >= 15 is 0 Å². The van der Waals surface area contributed by atoms with Crippen LogP contribution in [0.3, 0.4) is 0 Å². The summed E-state index contributed by atoms with van der Waals surface area (Å²) in [6.07, 6.45) is 4.68. The van der Waals surface area contributed by atoms with Gasteiger partial charge in [-0.2, -0.15) is 0 Å². The molecule has 0 bridgehead atoms. The van der Waals surface area contributed by atoms with E-state index < -0.39 is 17.8 Å². The van der Waals surface area contributed by atoms with Crippen molar-refractivity contribution < 1.29 is 14.7 Å². The maximum absolute atomic E-state index is 12.7. The highest BCUT2D eigenvalue weighted by Crippen LogP contribution is 2.29. The van der Waals surface area contributed by atoms with Crippen molar-refractivity contribution in [1.29, 1.82) is 0 Å². The molecule has 0 heterocycles. The zero-order valence-electron chi connectivity index (χ0n) is 11.5. The molecule has 1 aromatic rings. The second kappa shape index (κ2) is 6.37. The van der Waals surface area contributed by atoms with E-state index in [1.807, 2.05) is 49.4 Å². The fraction of sp³-hybridized carbons (Fsp3) is 0.375. The number of benzene rings is 1. The minimum Gasteiger partial charge on any atom is -0.481 e. The fourth-order valence-electron chi connectivity index (χ4n) is 2.63. The van der Waals surface area contributed by atoms with Gasteiger partial charge in [0.25, 0.3) is 0 Å². The lowest BCUT2D eigenvalue weighted by Crippen LogP contribution is -2.41. The van der Waals surface area contributed by atoms with Crippen LogP contribution < -0.4 is 4.90 Å². The summed E-state index contributed by atoms with van der Waals surface area (Å²) in [5.74, 6) is -2.09. The Kier molecular flexibility index (Phi) is 4.56. The molecule has 2 atom stereocenters. The average molecular weight is 273 g/mol. The van der Waals surface area contributed by atoms with E-state index in [0.29, 0.717) is 19.4 Å². The summed E-state index contributed by atoms with van der Waals surface area (Å²) >= 11 is 0. The molecule has 1 N–H and O–H groups in total. The molecule has 0 spiro atoms. The smallest absolute Gasteiger partial charge is 0.307 e. The molecule has 2 unspecified atom stereocenters. The van der Waals surface area contributed by atoms with Crippen molar-refractivity contribution in [2.75, 3.05) is 11.4 Å². The number of carboxylic acids is 1. The standard InChI is InChI=1S/C16H19NO3/c1-2-17(12-8-4-3-5-9-12)15(18)13-10-6-7-11-14(13)16(19)20/h3-9,13-14H,2,10-11H2,1H3,(H,19,20). The normalized spacial score (nSPS) is 21.4. The molecule has 0 radical (unpaired) electrons. The number of para-hydroxylation sites is 1. The number of anilines is 1. The minimum atomic E-state index is -0.892. The van der Waals surface area contributed by atoms with E-state index in [1.165, 1.54) is 0 Å². The molecule has 0 fully saturated rings. The zero-order chi connectivity index (χ0) is 14.5. The summed E-state index contributed by atoms with van der Waals surface area (Å²) in [4.78, 5) is 25.7. The van der Waals surface area contributed by atoms with Crippen molar-refractivity contribution in [3.05, 3.63) is 42.5 Å². The highest BCUT2D eigenvalue weighted by atomic mass is 16.4. The van der Waals surface area contributed by atoms with E-state index in [0.717, 1.165) is 5.69 Å². The van der Waals surface area contributed by atoms with E-state index in [1.54, 1.807) is 4.90 Å².